The quantitative estimate of drug-likeness (QED) is 0.832. The minimum atomic E-state index is 0.305. The van der Waals surface area contributed by atoms with Crippen molar-refractivity contribution in [3.63, 3.8) is 0 Å². The highest BCUT2D eigenvalue weighted by atomic mass is 35.5. The van der Waals surface area contributed by atoms with Gasteiger partial charge >= 0.3 is 0 Å². The van der Waals surface area contributed by atoms with E-state index in [9.17, 15) is 4.79 Å². The number of carbonyl (C=O) groups is 1. The van der Waals surface area contributed by atoms with E-state index in [1.165, 1.54) is 0 Å². The van der Waals surface area contributed by atoms with Crippen LogP contribution in [0.3, 0.4) is 0 Å². The van der Waals surface area contributed by atoms with Gasteiger partial charge in [0.2, 0.25) is 0 Å². The van der Waals surface area contributed by atoms with Crippen molar-refractivity contribution in [2.45, 2.75) is 25.8 Å². The highest BCUT2D eigenvalue weighted by Crippen LogP contribution is 2.20. The molecule has 3 rings (SSSR count). The number of benzene rings is 1. The number of ketones is 1. The van der Waals surface area contributed by atoms with E-state index >= 15 is 0 Å². The van der Waals surface area contributed by atoms with Crippen molar-refractivity contribution in [1.29, 1.82) is 0 Å². The van der Waals surface area contributed by atoms with Crippen molar-refractivity contribution in [3.05, 3.63) is 52.3 Å². The number of halogens is 1. The van der Waals surface area contributed by atoms with Crippen LogP contribution in [-0.2, 0) is 24.2 Å². The normalized spacial score (nSPS) is 14.6. The molecule has 0 amide bonds. The molecule has 3 nitrogen and oxygen atoms in total. The number of nitrogens with zero attached hydrogens (tertiary/aromatic N) is 2. The zero-order valence-corrected chi connectivity index (χ0v) is 10.7. The first kappa shape index (κ1) is 11.5. The summed E-state index contributed by atoms with van der Waals surface area (Å²) in [6.07, 6.45) is 3.88. The maximum Gasteiger partial charge on any atom is 0.137 e. The van der Waals surface area contributed by atoms with Crippen molar-refractivity contribution in [3.8, 4) is 0 Å². The fraction of sp³-hybridized carbons (Fsp3) is 0.286. The van der Waals surface area contributed by atoms with Gasteiger partial charge in [0, 0.05) is 29.6 Å². The third-order valence-corrected chi connectivity index (χ3v) is 3.61. The molecule has 0 fully saturated rings. The number of hydrogen-bond donors (Lipinski definition) is 0. The van der Waals surface area contributed by atoms with Crippen molar-refractivity contribution in [2.24, 2.45) is 0 Å². The van der Waals surface area contributed by atoms with Gasteiger partial charge in [-0.3, -0.25) is 9.48 Å². The van der Waals surface area contributed by atoms with Gasteiger partial charge in [-0.2, -0.15) is 5.10 Å². The van der Waals surface area contributed by atoms with Crippen LogP contribution in [0.2, 0.25) is 5.02 Å². The third-order valence-electron chi connectivity index (χ3n) is 3.24. The minimum Gasteiger partial charge on any atom is -0.299 e. The lowest BCUT2D eigenvalue weighted by atomic mass is 9.97. The standard InChI is InChI=1S/C14H13ClN2O/c15-13-4-2-1-3-10(13)8-17-9-11-7-12(18)5-6-14(11)16-17/h1-4,9H,5-8H2. The minimum absolute atomic E-state index is 0.305. The monoisotopic (exact) mass is 260 g/mol. The van der Waals surface area contributed by atoms with Crippen molar-refractivity contribution >= 4 is 17.4 Å². The van der Waals surface area contributed by atoms with Gasteiger partial charge in [-0.25, -0.2) is 0 Å². The molecule has 0 saturated heterocycles. The topological polar surface area (TPSA) is 34.9 Å². The molecule has 0 atom stereocenters. The Morgan fingerprint density at radius 2 is 2.11 bits per heavy atom. The van der Waals surface area contributed by atoms with Crippen LogP contribution in [0, 0.1) is 0 Å². The Morgan fingerprint density at radius 1 is 1.28 bits per heavy atom. The van der Waals surface area contributed by atoms with Crippen molar-refractivity contribution < 1.29 is 4.79 Å². The van der Waals surface area contributed by atoms with Crippen LogP contribution in [0.5, 0.6) is 0 Å². The highest BCUT2D eigenvalue weighted by Gasteiger charge is 2.19. The second-order valence-corrected chi connectivity index (χ2v) is 5.01. The summed E-state index contributed by atoms with van der Waals surface area (Å²) >= 11 is 6.13. The Bertz CT molecular complexity index is 604. The number of aryl methyl sites for hydroxylation is 1. The number of aromatic nitrogens is 2. The van der Waals surface area contributed by atoms with E-state index in [2.05, 4.69) is 5.10 Å². The average Bonchev–Trinajstić information content (AvgIpc) is 2.73. The molecule has 0 saturated carbocycles. The van der Waals surface area contributed by atoms with Crippen molar-refractivity contribution in [1.82, 2.24) is 9.78 Å². The summed E-state index contributed by atoms with van der Waals surface area (Å²) in [5.41, 5.74) is 3.17. The van der Waals surface area contributed by atoms with Gasteiger partial charge in [0.1, 0.15) is 5.78 Å². The zero-order chi connectivity index (χ0) is 12.5. The first-order chi connectivity index (χ1) is 8.72. The fourth-order valence-corrected chi connectivity index (χ4v) is 2.50. The molecule has 0 aliphatic heterocycles. The number of hydrogen-bond acceptors (Lipinski definition) is 2. The molecule has 0 unspecified atom stereocenters. The van der Waals surface area contributed by atoms with Gasteiger partial charge in [0.05, 0.1) is 12.2 Å². The largest absolute Gasteiger partial charge is 0.299 e. The smallest absolute Gasteiger partial charge is 0.137 e. The van der Waals surface area contributed by atoms with E-state index in [1.54, 1.807) is 0 Å². The van der Waals surface area contributed by atoms with Crippen LogP contribution in [0.4, 0.5) is 0 Å². The Balaban J connectivity index is 1.86. The van der Waals surface area contributed by atoms with Crippen LogP contribution in [0.1, 0.15) is 23.2 Å². The molecule has 1 aliphatic carbocycles. The van der Waals surface area contributed by atoms with Gasteiger partial charge in [-0.15, -0.1) is 0 Å². The molecule has 2 aromatic rings. The molecule has 1 heterocycles. The number of carbonyl (C=O) groups excluding carboxylic acids is 1. The molecule has 92 valence electrons. The summed E-state index contributed by atoms with van der Waals surface area (Å²) in [5.74, 6) is 0.305. The summed E-state index contributed by atoms with van der Waals surface area (Å²) in [6, 6.07) is 7.75. The van der Waals surface area contributed by atoms with Crippen LogP contribution in [0.15, 0.2) is 30.5 Å². The lowest BCUT2D eigenvalue weighted by Crippen LogP contribution is -2.11. The second kappa shape index (κ2) is 4.58. The highest BCUT2D eigenvalue weighted by molar-refractivity contribution is 6.31. The number of fused-ring (bicyclic) bond motifs is 1. The van der Waals surface area contributed by atoms with Crippen LogP contribution in [-0.4, -0.2) is 15.6 Å². The lowest BCUT2D eigenvalue weighted by molar-refractivity contribution is -0.118. The van der Waals surface area contributed by atoms with E-state index in [0.717, 1.165) is 28.3 Å². The molecule has 1 aromatic heterocycles. The molecule has 18 heavy (non-hydrogen) atoms. The Kier molecular flexibility index (Phi) is 2.92. The molecule has 0 N–H and O–H groups in total. The van der Waals surface area contributed by atoms with Gasteiger partial charge in [-0.05, 0) is 18.1 Å². The summed E-state index contributed by atoms with van der Waals surface area (Å²) in [5, 5.41) is 5.28. The first-order valence-electron chi connectivity index (χ1n) is 6.02. The molecule has 1 aliphatic rings. The maximum atomic E-state index is 11.4. The van der Waals surface area contributed by atoms with E-state index in [-0.39, 0.29) is 0 Å². The van der Waals surface area contributed by atoms with E-state index in [0.29, 0.717) is 25.2 Å². The molecule has 4 heteroatoms. The SMILES string of the molecule is O=C1CCc2nn(Cc3ccccc3Cl)cc2C1. The molecule has 1 aromatic carbocycles. The van der Waals surface area contributed by atoms with Gasteiger partial charge in [0.15, 0.2) is 0 Å². The Hall–Kier alpha value is -1.61. The molecular weight excluding hydrogens is 248 g/mol. The van der Waals surface area contributed by atoms with E-state index in [4.69, 9.17) is 11.6 Å². The van der Waals surface area contributed by atoms with E-state index in [1.807, 2.05) is 35.1 Å². The third kappa shape index (κ3) is 2.18. The molecule has 0 radical (unpaired) electrons. The van der Waals surface area contributed by atoms with Crippen molar-refractivity contribution in [2.75, 3.05) is 0 Å². The molecule has 0 bridgehead atoms. The Morgan fingerprint density at radius 3 is 2.94 bits per heavy atom. The summed E-state index contributed by atoms with van der Waals surface area (Å²) in [7, 11) is 0. The summed E-state index contributed by atoms with van der Waals surface area (Å²) in [4.78, 5) is 11.4. The second-order valence-electron chi connectivity index (χ2n) is 4.61. The zero-order valence-electron chi connectivity index (χ0n) is 9.90. The van der Waals surface area contributed by atoms with E-state index < -0.39 is 0 Å². The summed E-state index contributed by atoms with van der Waals surface area (Å²) in [6.45, 7) is 0.654. The van der Waals surface area contributed by atoms with Gasteiger partial charge < -0.3 is 0 Å². The average molecular weight is 261 g/mol. The Labute approximate surface area is 110 Å². The molecule has 0 spiro atoms. The van der Waals surface area contributed by atoms with Crippen LogP contribution < -0.4 is 0 Å². The number of Topliss-reactive ketones (excluding diaryl/α,β-unsaturated/α-hetero) is 1. The maximum absolute atomic E-state index is 11.4. The fourth-order valence-electron chi connectivity index (χ4n) is 2.30. The summed E-state index contributed by atoms with van der Waals surface area (Å²) < 4.78 is 1.88. The van der Waals surface area contributed by atoms with Gasteiger partial charge in [-0.1, -0.05) is 29.8 Å². The number of rotatable bonds is 2. The lowest BCUT2D eigenvalue weighted by Gasteiger charge is -2.06. The van der Waals surface area contributed by atoms with Crippen LogP contribution in [0.25, 0.3) is 0 Å². The van der Waals surface area contributed by atoms with Gasteiger partial charge in [0.25, 0.3) is 0 Å². The predicted octanol–water partition coefficient (Wildman–Crippen LogP) is 2.64. The predicted molar refractivity (Wildman–Crippen MR) is 69.8 cm³/mol. The first-order valence-corrected chi connectivity index (χ1v) is 6.40. The molecular formula is C14H13ClN2O. The van der Waals surface area contributed by atoms with Crippen LogP contribution >= 0.6 is 11.6 Å².